The second-order valence-electron chi connectivity index (χ2n) is 4.76. The molecule has 2 nitrogen and oxygen atoms in total. The van der Waals surface area contributed by atoms with Crippen molar-refractivity contribution >= 4 is 28.5 Å². The van der Waals surface area contributed by atoms with Crippen LogP contribution in [0, 0.1) is 5.92 Å². The molecule has 0 amide bonds. The third kappa shape index (κ3) is 21.3. The third-order valence-electron chi connectivity index (χ3n) is 2.39. The van der Waals surface area contributed by atoms with Gasteiger partial charge in [-0.05, 0) is 12.3 Å². The molecule has 0 fully saturated rings. The van der Waals surface area contributed by atoms with Crippen molar-refractivity contribution in [3.63, 3.8) is 0 Å². The molecule has 0 N–H and O–H groups in total. The van der Waals surface area contributed by atoms with Crippen molar-refractivity contribution in [3.05, 3.63) is 12.7 Å². The normalized spacial score (nSPS) is 9.61. The number of rotatable bonds is 9. The van der Waals surface area contributed by atoms with Gasteiger partial charge in [0.25, 0.3) is 0 Å². The van der Waals surface area contributed by atoms with Gasteiger partial charge in [-0.25, -0.2) is 4.79 Å². The number of ether oxygens (including phenoxy) is 1. The summed E-state index contributed by atoms with van der Waals surface area (Å²) in [6.07, 6.45) is 8.62. The first-order chi connectivity index (χ1) is 8.58. The van der Waals surface area contributed by atoms with Crippen LogP contribution in [0.15, 0.2) is 12.7 Å². The standard InChI is InChI=1S/C11H20O2.C4H9.Sn.H/c1-4-11(12)13-9-7-5-6-8-10(2)3;1-3-4-2;;/h4,10H,1,5-9H2,2-3H3;1,3-4H2,2H3;;. The summed E-state index contributed by atoms with van der Waals surface area (Å²) in [7, 11) is 0. The molecule has 0 aliphatic heterocycles. The van der Waals surface area contributed by atoms with E-state index in [1.54, 1.807) is 0 Å². The molecule has 0 spiro atoms. The fourth-order valence-electron chi connectivity index (χ4n) is 1.27. The summed E-state index contributed by atoms with van der Waals surface area (Å²) in [4.78, 5) is 10.6. The van der Waals surface area contributed by atoms with Crippen LogP contribution in [-0.2, 0) is 9.53 Å². The number of unbranched alkanes of at least 4 members (excludes halogenated alkanes) is 3. The summed E-state index contributed by atoms with van der Waals surface area (Å²) in [5, 5.41) is 0. The van der Waals surface area contributed by atoms with E-state index < -0.39 is 0 Å². The number of hydrogen-bond acceptors (Lipinski definition) is 2. The Morgan fingerprint density at radius 3 is 2.33 bits per heavy atom. The van der Waals surface area contributed by atoms with Gasteiger partial charge in [-0.3, -0.25) is 0 Å². The van der Waals surface area contributed by atoms with Gasteiger partial charge in [-0.15, -0.1) is 0 Å². The van der Waals surface area contributed by atoms with Gasteiger partial charge in [0.1, 0.15) is 0 Å². The van der Waals surface area contributed by atoms with Crippen LogP contribution in [0.2, 0.25) is 4.44 Å². The Morgan fingerprint density at radius 1 is 1.28 bits per heavy atom. The van der Waals surface area contributed by atoms with Crippen molar-refractivity contribution in [2.75, 3.05) is 6.61 Å². The monoisotopic (exact) mass is 362 g/mol. The van der Waals surface area contributed by atoms with E-state index >= 15 is 0 Å². The van der Waals surface area contributed by atoms with Gasteiger partial charge in [-0.2, -0.15) is 0 Å². The molecule has 0 heterocycles. The molecule has 0 atom stereocenters. The molecule has 3 heteroatoms. The molecule has 0 saturated heterocycles. The van der Waals surface area contributed by atoms with Crippen LogP contribution >= 0.6 is 0 Å². The first-order valence-electron chi connectivity index (χ1n) is 7.07. The minimum absolute atomic E-state index is 0.316. The van der Waals surface area contributed by atoms with Gasteiger partial charge in [-0.1, -0.05) is 39.7 Å². The Balaban J connectivity index is 0. The van der Waals surface area contributed by atoms with Crippen LogP contribution in [0.4, 0.5) is 0 Å². The van der Waals surface area contributed by atoms with Crippen molar-refractivity contribution in [1.82, 2.24) is 0 Å². The number of esters is 1. The zero-order chi connectivity index (χ0) is 14.2. The molecule has 0 rings (SSSR count). The molecule has 106 valence electrons. The molecule has 0 bridgehead atoms. The van der Waals surface area contributed by atoms with Crippen molar-refractivity contribution < 1.29 is 9.53 Å². The maximum absolute atomic E-state index is 10.6. The Kier molecular flexibility index (Phi) is 19.2. The predicted octanol–water partition coefficient (Wildman–Crippen LogP) is 4.04. The van der Waals surface area contributed by atoms with E-state index in [2.05, 4.69) is 27.4 Å². The van der Waals surface area contributed by atoms with Crippen LogP contribution in [-0.4, -0.2) is 35.1 Å². The van der Waals surface area contributed by atoms with E-state index in [1.165, 1.54) is 58.7 Å². The Morgan fingerprint density at radius 2 is 1.94 bits per heavy atom. The summed E-state index contributed by atoms with van der Waals surface area (Å²) in [6, 6.07) is 0. The number of carbonyl (C=O) groups is 1. The van der Waals surface area contributed by atoms with E-state index in [0.29, 0.717) is 6.61 Å². The molecular formula is C15H30O2Sn. The molecular weight excluding hydrogens is 331 g/mol. The average Bonchev–Trinajstić information content (AvgIpc) is 2.34. The topological polar surface area (TPSA) is 26.3 Å². The molecule has 0 aromatic rings. The first kappa shape index (κ1) is 20.3. The summed E-state index contributed by atoms with van der Waals surface area (Å²) in [6.45, 7) is 10.5. The van der Waals surface area contributed by atoms with Gasteiger partial charge >= 0.3 is 52.7 Å². The van der Waals surface area contributed by atoms with Gasteiger partial charge in [0.2, 0.25) is 0 Å². The summed E-state index contributed by atoms with van der Waals surface area (Å²) in [5.74, 6) is 0.458. The second-order valence-corrected chi connectivity index (χ2v) is 6.40. The molecule has 0 aromatic heterocycles. The zero-order valence-electron chi connectivity index (χ0n) is 12.4. The summed E-state index contributed by atoms with van der Waals surface area (Å²) in [5.41, 5.74) is 0. The van der Waals surface area contributed by atoms with Crippen molar-refractivity contribution in [2.24, 2.45) is 5.92 Å². The van der Waals surface area contributed by atoms with Gasteiger partial charge in [0, 0.05) is 6.08 Å². The van der Waals surface area contributed by atoms with Crippen LogP contribution in [0.25, 0.3) is 0 Å². The van der Waals surface area contributed by atoms with E-state index in [9.17, 15) is 4.79 Å². The third-order valence-corrected chi connectivity index (χ3v) is 3.56. The Hall–Kier alpha value is 0.00870. The van der Waals surface area contributed by atoms with Crippen molar-refractivity contribution in [1.29, 1.82) is 0 Å². The molecule has 0 saturated carbocycles. The Labute approximate surface area is 127 Å². The molecule has 0 aliphatic rings. The fourth-order valence-corrected chi connectivity index (χ4v) is 2.43. The second kappa shape index (κ2) is 17.0. The maximum atomic E-state index is 10.6. The summed E-state index contributed by atoms with van der Waals surface area (Å²) < 4.78 is 6.31. The van der Waals surface area contributed by atoms with Crippen LogP contribution < -0.4 is 0 Å². The predicted molar refractivity (Wildman–Crippen MR) is 81.3 cm³/mol. The SMILES string of the molecule is C=CC(=O)OCCCCCC(C)C.CCC[CH2][SnH]. The van der Waals surface area contributed by atoms with Crippen LogP contribution in [0.5, 0.6) is 0 Å². The average molecular weight is 361 g/mol. The van der Waals surface area contributed by atoms with Crippen molar-refractivity contribution in [2.45, 2.75) is 63.7 Å². The van der Waals surface area contributed by atoms with E-state index in [4.69, 9.17) is 4.74 Å². The molecule has 0 unspecified atom stereocenters. The first-order valence-corrected chi connectivity index (χ1v) is 9.40. The quantitative estimate of drug-likeness (QED) is 0.268. The fraction of sp³-hybridized carbons (Fsp3) is 0.800. The van der Waals surface area contributed by atoms with E-state index in [-0.39, 0.29) is 5.97 Å². The van der Waals surface area contributed by atoms with Crippen LogP contribution in [0.3, 0.4) is 0 Å². The molecule has 0 aliphatic carbocycles. The molecule has 2 radical (unpaired) electrons. The minimum atomic E-state index is -0.316. The van der Waals surface area contributed by atoms with Gasteiger partial charge in [0.15, 0.2) is 0 Å². The zero-order valence-corrected chi connectivity index (χ0v) is 15.7. The summed E-state index contributed by atoms with van der Waals surface area (Å²) >= 11 is 1.45. The van der Waals surface area contributed by atoms with Crippen molar-refractivity contribution in [3.8, 4) is 0 Å². The molecule has 18 heavy (non-hydrogen) atoms. The van der Waals surface area contributed by atoms with Gasteiger partial charge < -0.3 is 4.74 Å². The molecule has 0 aromatic carbocycles. The van der Waals surface area contributed by atoms with E-state index in [1.807, 2.05) is 0 Å². The van der Waals surface area contributed by atoms with E-state index in [0.717, 1.165) is 18.8 Å². The Bertz CT molecular complexity index is 189. The van der Waals surface area contributed by atoms with Gasteiger partial charge in [0.05, 0.1) is 6.61 Å². The van der Waals surface area contributed by atoms with Crippen LogP contribution in [0.1, 0.15) is 59.3 Å². The number of hydrogen-bond donors (Lipinski definition) is 0. The number of carbonyl (C=O) groups excluding carboxylic acids is 1.